The number of hydrogen-bond acceptors (Lipinski definition) is 7. The van der Waals surface area contributed by atoms with Crippen molar-refractivity contribution in [3.05, 3.63) is 60.8 Å². The molecule has 0 saturated heterocycles. The molecule has 1 atom stereocenters. The van der Waals surface area contributed by atoms with Gasteiger partial charge in [-0.05, 0) is 70.3 Å². The lowest BCUT2D eigenvalue weighted by Crippen LogP contribution is -2.29. The van der Waals surface area contributed by atoms with E-state index in [-0.39, 0.29) is 25.2 Å². The zero-order valence-corrected chi connectivity index (χ0v) is 31.2. The lowest BCUT2D eigenvalue weighted by Gasteiger charge is -2.18. The number of carbonyl (C=O) groups excluding carboxylic acids is 3. The number of esters is 2. The Balaban J connectivity index is 4.16. The Morgan fingerprint density at radius 1 is 0.592 bits per heavy atom. The SMILES string of the molecule is CCCCCC/C=C\CCCCCCCC(=O)OC[C@H](COP(=O)(O)O)OC(=O)CCC/C=C\C/C=C\C/C=C\C=C\C(=O)CCCCC. The van der Waals surface area contributed by atoms with Crippen molar-refractivity contribution in [2.24, 2.45) is 0 Å². The van der Waals surface area contributed by atoms with Gasteiger partial charge < -0.3 is 19.3 Å². The summed E-state index contributed by atoms with van der Waals surface area (Å²) in [5, 5.41) is 0. The summed E-state index contributed by atoms with van der Waals surface area (Å²) in [7, 11) is -4.78. The van der Waals surface area contributed by atoms with Crippen LogP contribution in [0.15, 0.2) is 60.8 Å². The van der Waals surface area contributed by atoms with Crippen LogP contribution in [0.2, 0.25) is 0 Å². The number of carbonyl (C=O) groups is 3. The van der Waals surface area contributed by atoms with E-state index in [2.05, 4.69) is 30.5 Å². The van der Waals surface area contributed by atoms with Crippen LogP contribution in [0.5, 0.6) is 0 Å². The topological polar surface area (TPSA) is 136 Å². The Hall–Kier alpha value is -2.58. The molecule has 10 heteroatoms. The zero-order valence-electron chi connectivity index (χ0n) is 30.3. The molecule has 0 amide bonds. The number of phosphoric acid groups is 1. The average molecular weight is 709 g/mol. The molecule has 0 heterocycles. The molecule has 0 unspecified atom stereocenters. The molecule has 2 N–H and O–H groups in total. The van der Waals surface area contributed by atoms with E-state index in [0.717, 1.165) is 70.6 Å². The van der Waals surface area contributed by atoms with Crippen LogP contribution in [-0.2, 0) is 32.9 Å². The van der Waals surface area contributed by atoms with Gasteiger partial charge in [0.05, 0.1) is 6.61 Å². The van der Waals surface area contributed by atoms with E-state index < -0.39 is 32.5 Å². The van der Waals surface area contributed by atoms with E-state index in [1.807, 2.05) is 36.5 Å². The van der Waals surface area contributed by atoms with Crippen LogP contribution >= 0.6 is 7.82 Å². The second kappa shape index (κ2) is 33.9. The minimum atomic E-state index is -4.78. The molecule has 280 valence electrons. The summed E-state index contributed by atoms with van der Waals surface area (Å²) in [6.45, 7) is 3.43. The number of unbranched alkanes of at least 4 members (excludes halogenated alkanes) is 12. The molecule has 0 aliphatic carbocycles. The maximum absolute atomic E-state index is 12.3. The standard InChI is InChI=1S/C39H65O9P/c1-3-5-7-8-9-10-11-12-15-18-21-24-28-32-38(41)46-34-37(35-47-49(43,44)45)48-39(42)33-29-25-22-19-16-13-14-17-20-23-27-31-36(40)30-26-6-4-2/h10-11,13-14,19-20,22-23,27,31,37H,3-9,12,15-18,21,24-26,28-30,32-35H2,1-2H3,(H2,43,44,45)/b11-10-,14-13-,22-19-,23-20-,31-27+/t37-/m1/s1. The summed E-state index contributed by atoms with van der Waals surface area (Å²) in [6, 6.07) is 0. The fourth-order valence-corrected chi connectivity index (χ4v) is 5.03. The van der Waals surface area contributed by atoms with Crippen LogP contribution in [-0.4, -0.2) is 46.8 Å². The maximum Gasteiger partial charge on any atom is 0.469 e. The first-order valence-corrected chi connectivity index (χ1v) is 20.1. The molecule has 9 nitrogen and oxygen atoms in total. The molecule has 0 aliphatic heterocycles. The van der Waals surface area contributed by atoms with Gasteiger partial charge in [0.15, 0.2) is 11.9 Å². The molecule has 0 aromatic rings. The number of phosphoric ester groups is 1. The molecule has 0 bridgehead atoms. The maximum atomic E-state index is 12.3. The molecule has 49 heavy (non-hydrogen) atoms. The van der Waals surface area contributed by atoms with Crippen LogP contribution in [0.4, 0.5) is 0 Å². The van der Waals surface area contributed by atoms with Crippen molar-refractivity contribution in [3.63, 3.8) is 0 Å². The normalized spacial score (nSPS) is 13.1. The third-order valence-corrected chi connectivity index (χ3v) is 7.97. The molecule has 0 aromatic heterocycles. The molecular weight excluding hydrogens is 643 g/mol. The van der Waals surface area contributed by atoms with E-state index >= 15 is 0 Å². The Morgan fingerprint density at radius 2 is 1.12 bits per heavy atom. The monoisotopic (exact) mass is 708 g/mol. The van der Waals surface area contributed by atoms with Gasteiger partial charge in [0, 0.05) is 19.3 Å². The Morgan fingerprint density at radius 3 is 1.82 bits per heavy atom. The van der Waals surface area contributed by atoms with Gasteiger partial charge in [-0.25, -0.2) is 4.57 Å². The third-order valence-electron chi connectivity index (χ3n) is 7.49. The van der Waals surface area contributed by atoms with Crippen molar-refractivity contribution in [3.8, 4) is 0 Å². The van der Waals surface area contributed by atoms with Crippen molar-refractivity contribution < 1.29 is 42.7 Å². The molecule has 0 aromatic carbocycles. The van der Waals surface area contributed by atoms with Gasteiger partial charge in [0.2, 0.25) is 0 Å². The van der Waals surface area contributed by atoms with Gasteiger partial charge >= 0.3 is 19.8 Å². The van der Waals surface area contributed by atoms with Crippen molar-refractivity contribution >= 4 is 25.5 Å². The molecule has 0 fully saturated rings. The molecule has 0 aliphatic rings. The van der Waals surface area contributed by atoms with Crippen molar-refractivity contribution in [2.75, 3.05) is 13.2 Å². The van der Waals surface area contributed by atoms with Gasteiger partial charge in [-0.2, -0.15) is 0 Å². The van der Waals surface area contributed by atoms with Crippen LogP contribution in [0, 0.1) is 0 Å². The average Bonchev–Trinajstić information content (AvgIpc) is 3.06. The van der Waals surface area contributed by atoms with E-state index in [0.29, 0.717) is 25.7 Å². The highest BCUT2D eigenvalue weighted by atomic mass is 31.2. The quantitative estimate of drug-likeness (QED) is 0.0170. The van der Waals surface area contributed by atoms with E-state index in [1.165, 1.54) is 25.7 Å². The predicted molar refractivity (Wildman–Crippen MR) is 198 cm³/mol. The lowest BCUT2D eigenvalue weighted by molar-refractivity contribution is -0.161. The van der Waals surface area contributed by atoms with Crippen molar-refractivity contribution in [2.45, 2.75) is 155 Å². The van der Waals surface area contributed by atoms with Crippen molar-refractivity contribution in [1.82, 2.24) is 0 Å². The molecule has 0 radical (unpaired) electrons. The second-order valence-electron chi connectivity index (χ2n) is 12.2. The van der Waals surface area contributed by atoms with Crippen molar-refractivity contribution in [1.29, 1.82) is 0 Å². The number of allylic oxidation sites excluding steroid dienone is 10. The van der Waals surface area contributed by atoms with Crippen LogP contribution < -0.4 is 0 Å². The highest BCUT2D eigenvalue weighted by Crippen LogP contribution is 2.35. The minimum absolute atomic E-state index is 0.106. The van der Waals surface area contributed by atoms with Crippen LogP contribution in [0.3, 0.4) is 0 Å². The predicted octanol–water partition coefficient (Wildman–Crippen LogP) is 10.1. The van der Waals surface area contributed by atoms with Gasteiger partial charge in [-0.15, -0.1) is 0 Å². The Kier molecular flexibility index (Phi) is 32.1. The summed E-state index contributed by atoms with van der Waals surface area (Å²) in [4.78, 5) is 54.3. The Bertz CT molecular complexity index is 1040. The van der Waals surface area contributed by atoms with E-state index in [4.69, 9.17) is 19.3 Å². The zero-order chi connectivity index (χ0) is 36.3. The second-order valence-corrected chi connectivity index (χ2v) is 13.5. The van der Waals surface area contributed by atoms with Gasteiger partial charge in [-0.3, -0.25) is 18.9 Å². The number of ketones is 1. The lowest BCUT2D eigenvalue weighted by atomic mass is 10.1. The smallest absolute Gasteiger partial charge is 0.462 e. The first-order chi connectivity index (χ1) is 23.7. The van der Waals surface area contributed by atoms with E-state index in [9.17, 15) is 18.9 Å². The number of hydrogen-bond donors (Lipinski definition) is 2. The van der Waals surface area contributed by atoms with E-state index in [1.54, 1.807) is 12.2 Å². The summed E-state index contributed by atoms with van der Waals surface area (Å²) >= 11 is 0. The minimum Gasteiger partial charge on any atom is -0.462 e. The van der Waals surface area contributed by atoms with Gasteiger partial charge in [-0.1, -0.05) is 120 Å². The van der Waals surface area contributed by atoms with Gasteiger partial charge in [0.25, 0.3) is 0 Å². The number of rotatable bonds is 33. The summed E-state index contributed by atoms with van der Waals surface area (Å²) < 4.78 is 26.2. The molecular formula is C39H65O9P. The molecule has 0 saturated carbocycles. The fraction of sp³-hybridized carbons (Fsp3) is 0.667. The highest BCUT2D eigenvalue weighted by molar-refractivity contribution is 7.46. The van der Waals surface area contributed by atoms with Crippen LogP contribution in [0.1, 0.15) is 149 Å². The fourth-order valence-electron chi connectivity index (χ4n) is 4.67. The molecule has 0 rings (SSSR count). The first-order valence-electron chi connectivity index (χ1n) is 18.5. The van der Waals surface area contributed by atoms with Crippen LogP contribution in [0.25, 0.3) is 0 Å². The Labute approximate surface area is 296 Å². The molecule has 0 spiro atoms. The highest BCUT2D eigenvalue weighted by Gasteiger charge is 2.22. The third kappa shape index (κ3) is 36.5. The summed E-state index contributed by atoms with van der Waals surface area (Å²) in [6.07, 6.45) is 37.9. The first kappa shape index (κ1) is 46.4. The largest absolute Gasteiger partial charge is 0.469 e. The number of ether oxygens (including phenoxy) is 2. The van der Waals surface area contributed by atoms with Gasteiger partial charge in [0.1, 0.15) is 6.61 Å². The summed E-state index contributed by atoms with van der Waals surface area (Å²) in [5.41, 5.74) is 0. The summed E-state index contributed by atoms with van der Waals surface area (Å²) in [5.74, 6) is -0.839.